The number of carbonyl (C=O) groups excluding carboxylic acids is 1. The number of nitriles is 1. The normalized spacial score (nSPS) is 24.9. The van der Waals surface area contributed by atoms with E-state index in [0.29, 0.717) is 12.8 Å². The SMILES string of the molecule is N#CCNC(=O)C1CCCCS1(=O)=O. The number of hydrogen-bond acceptors (Lipinski definition) is 4. The molecule has 0 aromatic carbocycles. The number of carbonyl (C=O) groups is 1. The van der Waals surface area contributed by atoms with Crippen LogP contribution in [0.5, 0.6) is 0 Å². The van der Waals surface area contributed by atoms with Gasteiger partial charge in [-0.1, -0.05) is 6.42 Å². The molecule has 1 saturated heterocycles. The van der Waals surface area contributed by atoms with Crippen molar-refractivity contribution < 1.29 is 13.2 Å². The largest absolute Gasteiger partial charge is 0.342 e. The van der Waals surface area contributed by atoms with Gasteiger partial charge in [0.05, 0.1) is 11.8 Å². The summed E-state index contributed by atoms with van der Waals surface area (Å²) >= 11 is 0. The summed E-state index contributed by atoms with van der Waals surface area (Å²) in [4.78, 5) is 11.3. The van der Waals surface area contributed by atoms with Gasteiger partial charge in [-0.05, 0) is 12.8 Å². The van der Waals surface area contributed by atoms with Gasteiger partial charge in [0, 0.05) is 0 Å². The minimum Gasteiger partial charge on any atom is -0.342 e. The monoisotopic (exact) mass is 216 g/mol. The Morgan fingerprint density at radius 2 is 2.21 bits per heavy atom. The Morgan fingerprint density at radius 1 is 1.50 bits per heavy atom. The average molecular weight is 216 g/mol. The van der Waals surface area contributed by atoms with Crippen LogP contribution in [0, 0.1) is 11.3 Å². The molecule has 1 amide bonds. The predicted molar refractivity (Wildman–Crippen MR) is 50.0 cm³/mol. The second-order valence-electron chi connectivity index (χ2n) is 3.23. The first-order chi connectivity index (χ1) is 6.58. The molecule has 0 spiro atoms. The van der Waals surface area contributed by atoms with E-state index in [1.807, 2.05) is 0 Å². The molecule has 14 heavy (non-hydrogen) atoms. The molecule has 6 heteroatoms. The van der Waals surface area contributed by atoms with Gasteiger partial charge in [0.2, 0.25) is 5.91 Å². The summed E-state index contributed by atoms with van der Waals surface area (Å²) in [5, 5.41) is 9.57. The third kappa shape index (κ3) is 2.45. The van der Waals surface area contributed by atoms with E-state index in [1.54, 1.807) is 6.07 Å². The van der Waals surface area contributed by atoms with Crippen molar-refractivity contribution in [1.29, 1.82) is 5.26 Å². The number of nitrogens with zero attached hydrogens (tertiary/aromatic N) is 1. The quantitative estimate of drug-likeness (QED) is 0.636. The highest BCUT2D eigenvalue weighted by Crippen LogP contribution is 2.19. The first kappa shape index (κ1) is 11.0. The fourth-order valence-corrected chi connectivity index (χ4v) is 3.32. The molecule has 1 heterocycles. The van der Waals surface area contributed by atoms with Crippen LogP contribution in [0.2, 0.25) is 0 Å². The highest BCUT2D eigenvalue weighted by atomic mass is 32.2. The van der Waals surface area contributed by atoms with Crippen molar-refractivity contribution in [1.82, 2.24) is 5.32 Å². The molecule has 0 bridgehead atoms. The average Bonchev–Trinajstić information content (AvgIpc) is 2.13. The van der Waals surface area contributed by atoms with Crippen molar-refractivity contribution >= 4 is 15.7 Å². The van der Waals surface area contributed by atoms with E-state index >= 15 is 0 Å². The van der Waals surface area contributed by atoms with E-state index in [-0.39, 0.29) is 12.3 Å². The number of hydrogen-bond donors (Lipinski definition) is 1. The highest BCUT2D eigenvalue weighted by molar-refractivity contribution is 7.92. The summed E-state index contributed by atoms with van der Waals surface area (Å²) in [6.07, 6.45) is 1.76. The molecule has 78 valence electrons. The smallest absolute Gasteiger partial charge is 0.239 e. The van der Waals surface area contributed by atoms with Gasteiger partial charge >= 0.3 is 0 Å². The van der Waals surface area contributed by atoms with Crippen molar-refractivity contribution in [2.75, 3.05) is 12.3 Å². The van der Waals surface area contributed by atoms with Gasteiger partial charge in [0.25, 0.3) is 0 Å². The predicted octanol–water partition coefficient (Wildman–Crippen LogP) is -0.407. The zero-order valence-electron chi connectivity index (χ0n) is 7.69. The Balaban J connectivity index is 2.66. The first-order valence-corrected chi connectivity index (χ1v) is 6.15. The molecule has 1 aliphatic rings. The lowest BCUT2D eigenvalue weighted by atomic mass is 10.2. The second kappa shape index (κ2) is 4.42. The molecule has 1 fully saturated rings. The minimum absolute atomic E-state index is 0.0810. The standard InChI is InChI=1S/C8H12N2O3S/c9-4-5-10-8(11)7-3-1-2-6-14(7,12)13/h7H,1-3,5-6H2,(H,10,11). The van der Waals surface area contributed by atoms with Crippen molar-refractivity contribution in [3.63, 3.8) is 0 Å². The first-order valence-electron chi connectivity index (χ1n) is 4.44. The van der Waals surface area contributed by atoms with Gasteiger partial charge in [-0.15, -0.1) is 0 Å². The molecule has 1 aliphatic heterocycles. The van der Waals surface area contributed by atoms with Gasteiger partial charge < -0.3 is 5.32 Å². The van der Waals surface area contributed by atoms with Crippen LogP contribution in [-0.2, 0) is 14.6 Å². The maximum Gasteiger partial charge on any atom is 0.239 e. The Labute approximate surface area is 83.0 Å². The molecule has 1 N–H and O–H groups in total. The lowest BCUT2D eigenvalue weighted by Gasteiger charge is -2.20. The van der Waals surface area contributed by atoms with Gasteiger partial charge in [-0.2, -0.15) is 5.26 Å². The van der Waals surface area contributed by atoms with Gasteiger partial charge in [-0.3, -0.25) is 4.79 Å². The van der Waals surface area contributed by atoms with Crippen molar-refractivity contribution in [2.24, 2.45) is 0 Å². The maximum absolute atomic E-state index is 11.4. The van der Waals surface area contributed by atoms with E-state index in [1.165, 1.54) is 0 Å². The Bertz CT molecular complexity index is 355. The van der Waals surface area contributed by atoms with Crippen LogP contribution < -0.4 is 5.32 Å². The van der Waals surface area contributed by atoms with Crippen molar-refractivity contribution in [2.45, 2.75) is 24.5 Å². The fourth-order valence-electron chi connectivity index (χ4n) is 1.49. The molecular formula is C8H12N2O3S. The Hall–Kier alpha value is -1.09. The third-order valence-corrected chi connectivity index (χ3v) is 4.39. The topological polar surface area (TPSA) is 87.0 Å². The summed E-state index contributed by atoms with van der Waals surface area (Å²) in [7, 11) is -3.27. The summed E-state index contributed by atoms with van der Waals surface area (Å²) < 4.78 is 22.9. The Morgan fingerprint density at radius 3 is 2.79 bits per heavy atom. The fraction of sp³-hybridized carbons (Fsp3) is 0.750. The molecule has 5 nitrogen and oxygen atoms in total. The Kier molecular flexibility index (Phi) is 3.47. The van der Waals surface area contributed by atoms with E-state index in [4.69, 9.17) is 5.26 Å². The third-order valence-electron chi connectivity index (χ3n) is 2.21. The van der Waals surface area contributed by atoms with E-state index in [0.717, 1.165) is 6.42 Å². The number of rotatable bonds is 2. The van der Waals surface area contributed by atoms with Crippen LogP contribution in [0.4, 0.5) is 0 Å². The van der Waals surface area contributed by atoms with Crippen LogP contribution in [0.25, 0.3) is 0 Å². The molecule has 1 rings (SSSR count). The molecule has 0 aromatic heterocycles. The molecular weight excluding hydrogens is 204 g/mol. The molecule has 0 aliphatic carbocycles. The van der Waals surface area contributed by atoms with Crippen molar-refractivity contribution in [3.05, 3.63) is 0 Å². The molecule has 1 atom stereocenters. The number of amides is 1. The van der Waals surface area contributed by atoms with Gasteiger partial charge in [0.1, 0.15) is 11.8 Å². The van der Waals surface area contributed by atoms with E-state index in [2.05, 4.69) is 5.32 Å². The van der Waals surface area contributed by atoms with Crippen LogP contribution >= 0.6 is 0 Å². The van der Waals surface area contributed by atoms with Crippen LogP contribution in [0.1, 0.15) is 19.3 Å². The zero-order chi connectivity index (χ0) is 10.6. The van der Waals surface area contributed by atoms with E-state index in [9.17, 15) is 13.2 Å². The molecule has 0 aromatic rings. The molecule has 0 radical (unpaired) electrons. The highest BCUT2D eigenvalue weighted by Gasteiger charge is 2.34. The van der Waals surface area contributed by atoms with Crippen LogP contribution in [0.15, 0.2) is 0 Å². The zero-order valence-corrected chi connectivity index (χ0v) is 8.51. The summed E-state index contributed by atoms with van der Waals surface area (Å²) in [6.45, 7) is -0.134. The maximum atomic E-state index is 11.4. The lowest BCUT2D eigenvalue weighted by molar-refractivity contribution is -0.120. The van der Waals surface area contributed by atoms with E-state index < -0.39 is 21.0 Å². The molecule has 0 saturated carbocycles. The molecule has 1 unspecified atom stereocenters. The van der Waals surface area contributed by atoms with Gasteiger partial charge in [0.15, 0.2) is 9.84 Å². The summed E-state index contributed by atoms with van der Waals surface area (Å²) in [6, 6.07) is 1.74. The number of nitrogens with one attached hydrogen (secondary N) is 1. The summed E-state index contributed by atoms with van der Waals surface area (Å²) in [5.41, 5.74) is 0. The second-order valence-corrected chi connectivity index (χ2v) is 5.53. The van der Waals surface area contributed by atoms with Crippen LogP contribution in [0.3, 0.4) is 0 Å². The van der Waals surface area contributed by atoms with Gasteiger partial charge in [-0.25, -0.2) is 8.42 Å². The summed E-state index contributed by atoms with van der Waals surface area (Å²) in [5.74, 6) is -0.455. The number of sulfone groups is 1. The minimum atomic E-state index is -3.27. The lowest BCUT2D eigenvalue weighted by Crippen LogP contribution is -2.42. The van der Waals surface area contributed by atoms with Crippen LogP contribution in [-0.4, -0.2) is 31.9 Å². The van der Waals surface area contributed by atoms with Crippen molar-refractivity contribution in [3.8, 4) is 6.07 Å².